The standard InChI is InChI=1S/C32H26N2O6/c1-2-38-25-19-15-23(16-20-25)33-30(35)27-28(34(40-29(27)31(33)36)24-11-7-4-8-12-24)21-13-17-26(18-14-21)39-32(37)22-9-5-3-6-10-22/h3-20,27-29H,2H2,1H3/t27-,28+,29+/m1/s1. The van der Waals surface area contributed by atoms with Gasteiger partial charge in [0.05, 0.1) is 29.6 Å². The number of carbonyl (C=O) groups is 3. The first-order chi connectivity index (χ1) is 19.5. The second-order valence-corrected chi connectivity index (χ2v) is 9.42. The smallest absolute Gasteiger partial charge is 0.343 e. The summed E-state index contributed by atoms with van der Waals surface area (Å²) in [5.74, 6) is -0.992. The lowest BCUT2D eigenvalue weighted by Gasteiger charge is -2.28. The summed E-state index contributed by atoms with van der Waals surface area (Å²) in [6.07, 6.45) is -0.986. The van der Waals surface area contributed by atoms with Crippen LogP contribution in [0.15, 0.2) is 109 Å². The van der Waals surface area contributed by atoms with Crippen molar-refractivity contribution in [3.05, 3.63) is 120 Å². The second kappa shape index (κ2) is 10.7. The van der Waals surface area contributed by atoms with Gasteiger partial charge in [-0.15, -0.1) is 0 Å². The molecule has 0 saturated carbocycles. The summed E-state index contributed by atoms with van der Waals surface area (Å²) in [4.78, 5) is 47.3. The Hall–Kier alpha value is -4.95. The first-order valence-electron chi connectivity index (χ1n) is 13.0. The minimum Gasteiger partial charge on any atom is -0.494 e. The molecule has 0 spiro atoms. The molecule has 0 N–H and O–H groups in total. The Morgan fingerprint density at radius 2 is 1.38 bits per heavy atom. The number of hydrogen-bond acceptors (Lipinski definition) is 7. The van der Waals surface area contributed by atoms with Crippen molar-refractivity contribution >= 4 is 29.2 Å². The Labute approximate surface area is 231 Å². The average Bonchev–Trinajstić information content (AvgIpc) is 3.50. The van der Waals surface area contributed by atoms with Crippen LogP contribution in [0.4, 0.5) is 11.4 Å². The molecular weight excluding hydrogens is 508 g/mol. The summed E-state index contributed by atoms with van der Waals surface area (Å²) in [7, 11) is 0. The van der Waals surface area contributed by atoms with Gasteiger partial charge in [-0.2, -0.15) is 0 Å². The van der Waals surface area contributed by atoms with Crippen molar-refractivity contribution in [3.63, 3.8) is 0 Å². The molecule has 0 unspecified atom stereocenters. The van der Waals surface area contributed by atoms with E-state index >= 15 is 0 Å². The number of rotatable bonds is 7. The summed E-state index contributed by atoms with van der Waals surface area (Å²) >= 11 is 0. The molecule has 8 nitrogen and oxygen atoms in total. The predicted molar refractivity (Wildman–Crippen MR) is 148 cm³/mol. The number of anilines is 2. The fourth-order valence-corrected chi connectivity index (χ4v) is 5.14. The summed E-state index contributed by atoms with van der Waals surface area (Å²) < 4.78 is 11.0. The maximum Gasteiger partial charge on any atom is 0.343 e. The molecule has 40 heavy (non-hydrogen) atoms. The lowest BCUT2D eigenvalue weighted by atomic mass is 9.90. The number of fused-ring (bicyclic) bond motifs is 1. The number of imide groups is 1. The highest BCUT2D eigenvalue weighted by molar-refractivity contribution is 6.24. The highest BCUT2D eigenvalue weighted by Crippen LogP contribution is 2.47. The van der Waals surface area contributed by atoms with Crippen LogP contribution in [0.5, 0.6) is 11.5 Å². The van der Waals surface area contributed by atoms with Crippen LogP contribution in [0.2, 0.25) is 0 Å². The number of para-hydroxylation sites is 1. The first-order valence-corrected chi connectivity index (χ1v) is 13.0. The van der Waals surface area contributed by atoms with Gasteiger partial charge in [0.25, 0.3) is 5.91 Å². The molecule has 0 aliphatic carbocycles. The lowest BCUT2D eigenvalue weighted by Crippen LogP contribution is -2.37. The predicted octanol–water partition coefficient (Wildman–Crippen LogP) is 5.36. The van der Waals surface area contributed by atoms with E-state index in [-0.39, 0.29) is 5.91 Å². The van der Waals surface area contributed by atoms with Crippen molar-refractivity contribution in [1.82, 2.24) is 0 Å². The second-order valence-electron chi connectivity index (χ2n) is 9.42. The van der Waals surface area contributed by atoms with E-state index in [1.165, 1.54) is 4.90 Å². The van der Waals surface area contributed by atoms with Gasteiger partial charge in [-0.3, -0.25) is 14.4 Å². The van der Waals surface area contributed by atoms with E-state index in [2.05, 4.69) is 0 Å². The van der Waals surface area contributed by atoms with Crippen molar-refractivity contribution in [2.45, 2.75) is 19.1 Å². The Kier molecular flexibility index (Phi) is 6.76. The van der Waals surface area contributed by atoms with E-state index in [9.17, 15) is 14.4 Å². The molecule has 6 rings (SSSR count). The van der Waals surface area contributed by atoms with Gasteiger partial charge in [-0.05, 0) is 73.2 Å². The highest BCUT2D eigenvalue weighted by atomic mass is 16.7. The SMILES string of the molecule is CCOc1ccc(N2C(=O)[C@H]3[C@H](ON(c4ccccc4)[C@H]3c3ccc(OC(=O)c4ccccc4)cc3)C2=O)cc1. The van der Waals surface area contributed by atoms with Crippen molar-refractivity contribution in [3.8, 4) is 11.5 Å². The molecule has 4 aromatic rings. The van der Waals surface area contributed by atoms with Crippen LogP contribution in [-0.4, -0.2) is 30.5 Å². The van der Waals surface area contributed by atoms with E-state index in [0.717, 1.165) is 11.3 Å². The third kappa shape index (κ3) is 4.58. The van der Waals surface area contributed by atoms with Gasteiger partial charge in [-0.25, -0.2) is 14.8 Å². The van der Waals surface area contributed by atoms with E-state index in [1.807, 2.05) is 43.3 Å². The normalized spacial score (nSPS) is 20.0. The molecule has 2 aliphatic heterocycles. The average molecular weight is 535 g/mol. The van der Waals surface area contributed by atoms with Crippen LogP contribution in [0.1, 0.15) is 28.9 Å². The number of amides is 2. The quantitative estimate of drug-likeness (QED) is 0.179. The van der Waals surface area contributed by atoms with Crippen LogP contribution < -0.4 is 19.4 Å². The Balaban J connectivity index is 1.30. The van der Waals surface area contributed by atoms with E-state index < -0.39 is 29.9 Å². The molecule has 0 aromatic heterocycles. The zero-order chi connectivity index (χ0) is 27.6. The molecule has 2 amide bonds. The number of carbonyl (C=O) groups excluding carboxylic acids is 3. The van der Waals surface area contributed by atoms with E-state index in [1.54, 1.807) is 77.9 Å². The lowest BCUT2D eigenvalue weighted by molar-refractivity contribution is -0.126. The maximum atomic E-state index is 13.8. The Morgan fingerprint density at radius 3 is 2.02 bits per heavy atom. The molecule has 200 valence electrons. The zero-order valence-electron chi connectivity index (χ0n) is 21.7. The highest BCUT2D eigenvalue weighted by Gasteiger charge is 2.60. The topological polar surface area (TPSA) is 85.4 Å². The summed E-state index contributed by atoms with van der Waals surface area (Å²) in [6.45, 7) is 2.40. The number of hydroxylamine groups is 1. The van der Waals surface area contributed by atoms with Crippen LogP contribution in [0.25, 0.3) is 0 Å². The number of esters is 1. The van der Waals surface area contributed by atoms with Gasteiger partial charge in [0.2, 0.25) is 5.91 Å². The summed E-state index contributed by atoms with van der Waals surface area (Å²) in [5.41, 5.74) is 2.36. The molecule has 8 heteroatoms. The van der Waals surface area contributed by atoms with Gasteiger partial charge in [-0.1, -0.05) is 48.5 Å². The third-order valence-electron chi connectivity index (χ3n) is 6.97. The molecule has 2 aliphatic rings. The van der Waals surface area contributed by atoms with Crippen molar-refractivity contribution in [2.24, 2.45) is 5.92 Å². The molecule has 0 bridgehead atoms. The zero-order valence-corrected chi connectivity index (χ0v) is 21.7. The third-order valence-corrected chi connectivity index (χ3v) is 6.97. The van der Waals surface area contributed by atoms with E-state index in [0.29, 0.717) is 29.4 Å². The fraction of sp³-hybridized carbons (Fsp3) is 0.156. The molecule has 4 aromatic carbocycles. The summed E-state index contributed by atoms with van der Waals surface area (Å²) in [5, 5.41) is 1.63. The fourth-order valence-electron chi connectivity index (χ4n) is 5.14. The van der Waals surface area contributed by atoms with Gasteiger partial charge < -0.3 is 9.47 Å². The van der Waals surface area contributed by atoms with Gasteiger partial charge in [0.15, 0.2) is 6.10 Å². The van der Waals surface area contributed by atoms with Gasteiger partial charge >= 0.3 is 5.97 Å². The van der Waals surface area contributed by atoms with Crippen molar-refractivity contribution in [2.75, 3.05) is 16.6 Å². The van der Waals surface area contributed by atoms with Crippen LogP contribution in [0, 0.1) is 5.92 Å². The molecule has 3 atom stereocenters. The monoisotopic (exact) mass is 534 g/mol. The number of benzene rings is 4. The minimum absolute atomic E-state index is 0.345. The molecular formula is C32H26N2O6. The Morgan fingerprint density at radius 1 is 0.750 bits per heavy atom. The minimum atomic E-state index is -0.986. The largest absolute Gasteiger partial charge is 0.494 e. The molecule has 2 heterocycles. The first kappa shape index (κ1) is 25.3. The van der Waals surface area contributed by atoms with Gasteiger partial charge in [0, 0.05) is 0 Å². The van der Waals surface area contributed by atoms with Gasteiger partial charge in [0.1, 0.15) is 17.4 Å². The Bertz CT molecular complexity index is 1520. The number of ether oxygens (including phenoxy) is 2. The number of nitrogens with zero attached hydrogens (tertiary/aromatic N) is 2. The maximum absolute atomic E-state index is 13.8. The van der Waals surface area contributed by atoms with Crippen LogP contribution in [-0.2, 0) is 14.4 Å². The van der Waals surface area contributed by atoms with Crippen LogP contribution in [0.3, 0.4) is 0 Å². The van der Waals surface area contributed by atoms with E-state index in [4.69, 9.17) is 14.3 Å². The molecule has 2 saturated heterocycles. The summed E-state index contributed by atoms with van der Waals surface area (Å²) in [6, 6.07) is 31.3. The molecule has 2 fully saturated rings. The van der Waals surface area contributed by atoms with Crippen molar-refractivity contribution in [1.29, 1.82) is 0 Å². The molecule has 0 radical (unpaired) electrons. The van der Waals surface area contributed by atoms with Crippen molar-refractivity contribution < 1.29 is 28.7 Å². The number of hydrogen-bond donors (Lipinski definition) is 0. The van der Waals surface area contributed by atoms with Crippen LogP contribution >= 0.6 is 0 Å².